The van der Waals surface area contributed by atoms with Gasteiger partial charge in [-0.05, 0) is 53.5 Å². The van der Waals surface area contributed by atoms with Crippen LogP contribution >= 0.6 is 15.9 Å². The minimum Gasteiger partial charge on any atom is -0.468 e. The van der Waals surface area contributed by atoms with Gasteiger partial charge in [0.15, 0.2) is 0 Å². The molecule has 0 amide bonds. The molecule has 0 N–H and O–H groups in total. The standard InChI is InChI=1S/C21H20BrF2NO3/c1-14-12-16-17(25(14)13-15-8-5-4-6-9-15)10-7-11-18(16)28-20(2,19(26)27-3)21(22,23)24/h4-12H,13H2,1-3H3. The molecule has 7 heteroatoms. The van der Waals surface area contributed by atoms with Gasteiger partial charge in [0.25, 0.3) is 5.60 Å². The van der Waals surface area contributed by atoms with Gasteiger partial charge in [-0.3, -0.25) is 0 Å². The highest BCUT2D eigenvalue weighted by atomic mass is 79.9. The maximum atomic E-state index is 14.2. The highest BCUT2D eigenvalue weighted by Crippen LogP contribution is 2.41. The number of fused-ring (bicyclic) bond motifs is 1. The quantitative estimate of drug-likeness (QED) is 0.377. The third kappa shape index (κ3) is 3.63. The molecule has 0 aliphatic carbocycles. The van der Waals surface area contributed by atoms with Crippen molar-refractivity contribution in [2.75, 3.05) is 7.11 Å². The van der Waals surface area contributed by atoms with Crippen molar-refractivity contribution >= 4 is 32.8 Å². The maximum absolute atomic E-state index is 14.2. The number of hydrogen-bond donors (Lipinski definition) is 0. The highest BCUT2D eigenvalue weighted by molar-refractivity contribution is 9.10. The summed E-state index contributed by atoms with van der Waals surface area (Å²) in [6.07, 6.45) is 0. The number of benzene rings is 2. The average molecular weight is 452 g/mol. The summed E-state index contributed by atoms with van der Waals surface area (Å²) >= 11 is 2.26. The molecule has 0 aliphatic heterocycles. The zero-order chi connectivity index (χ0) is 20.5. The Bertz CT molecular complexity index is 998. The normalized spacial score (nSPS) is 13.9. The van der Waals surface area contributed by atoms with E-state index in [0.29, 0.717) is 11.9 Å². The highest BCUT2D eigenvalue weighted by Gasteiger charge is 2.58. The fourth-order valence-corrected chi connectivity index (χ4v) is 3.33. The molecule has 148 valence electrons. The number of esters is 1. The predicted molar refractivity (Wildman–Crippen MR) is 107 cm³/mol. The smallest absolute Gasteiger partial charge is 0.357 e. The molecule has 4 nitrogen and oxygen atoms in total. The van der Waals surface area contributed by atoms with Gasteiger partial charge in [0.05, 0.1) is 12.6 Å². The van der Waals surface area contributed by atoms with Gasteiger partial charge < -0.3 is 14.0 Å². The second kappa shape index (κ2) is 7.54. The Morgan fingerprint density at radius 3 is 2.43 bits per heavy atom. The molecule has 0 fully saturated rings. The zero-order valence-electron chi connectivity index (χ0n) is 15.7. The second-order valence-corrected chi connectivity index (χ2v) is 7.67. The van der Waals surface area contributed by atoms with Crippen molar-refractivity contribution in [1.29, 1.82) is 0 Å². The molecule has 0 saturated heterocycles. The molecule has 3 aromatic rings. The van der Waals surface area contributed by atoms with Gasteiger partial charge in [-0.25, -0.2) is 4.79 Å². The van der Waals surface area contributed by atoms with Crippen molar-refractivity contribution in [2.45, 2.75) is 30.8 Å². The molecular formula is C21H20BrF2NO3. The first kappa shape index (κ1) is 20.3. The van der Waals surface area contributed by atoms with E-state index in [1.54, 1.807) is 12.1 Å². The van der Waals surface area contributed by atoms with Gasteiger partial charge in [-0.15, -0.1) is 0 Å². The fourth-order valence-electron chi connectivity index (χ4n) is 3.08. The SMILES string of the molecule is COC(=O)C(C)(Oc1cccc2c1cc(C)n2Cc1ccccc1)C(F)(F)Br. The Balaban J connectivity index is 2.06. The van der Waals surface area contributed by atoms with Crippen LogP contribution in [0.5, 0.6) is 5.75 Å². The van der Waals surface area contributed by atoms with E-state index in [4.69, 9.17) is 4.74 Å². The first-order valence-corrected chi connectivity index (χ1v) is 9.43. The number of carbonyl (C=O) groups excluding carboxylic acids is 1. The average Bonchev–Trinajstić information content (AvgIpc) is 2.97. The van der Waals surface area contributed by atoms with E-state index in [-0.39, 0.29) is 5.75 Å². The van der Waals surface area contributed by atoms with Crippen LogP contribution in [0.15, 0.2) is 54.6 Å². The monoisotopic (exact) mass is 451 g/mol. The van der Waals surface area contributed by atoms with Gasteiger partial charge in [-0.2, -0.15) is 8.78 Å². The number of alkyl halides is 3. The fraction of sp³-hybridized carbons (Fsp3) is 0.286. The number of aromatic nitrogens is 1. The van der Waals surface area contributed by atoms with Gasteiger partial charge in [0, 0.05) is 17.6 Å². The van der Waals surface area contributed by atoms with Crippen molar-refractivity contribution in [1.82, 2.24) is 4.57 Å². The third-order valence-corrected chi connectivity index (χ3v) is 5.48. The molecule has 1 atom stereocenters. The Labute approximate surface area is 170 Å². The number of halogens is 3. The Morgan fingerprint density at radius 2 is 1.82 bits per heavy atom. The molecule has 28 heavy (non-hydrogen) atoms. The van der Waals surface area contributed by atoms with E-state index in [1.165, 1.54) is 0 Å². The predicted octanol–water partition coefficient (Wildman–Crippen LogP) is 5.30. The van der Waals surface area contributed by atoms with Crippen LogP contribution in [0.1, 0.15) is 18.2 Å². The Kier molecular flexibility index (Phi) is 5.48. The Hall–Kier alpha value is -2.41. The Morgan fingerprint density at radius 1 is 1.14 bits per heavy atom. The summed E-state index contributed by atoms with van der Waals surface area (Å²) in [5.74, 6) is -0.994. The molecule has 0 spiro atoms. The van der Waals surface area contributed by atoms with Crippen LogP contribution in [0.2, 0.25) is 0 Å². The minimum absolute atomic E-state index is 0.180. The largest absolute Gasteiger partial charge is 0.468 e. The van der Waals surface area contributed by atoms with E-state index in [0.717, 1.165) is 30.8 Å². The van der Waals surface area contributed by atoms with E-state index in [2.05, 4.69) is 25.2 Å². The van der Waals surface area contributed by atoms with Crippen LogP contribution in [0.25, 0.3) is 10.9 Å². The number of methoxy groups -OCH3 is 1. The number of rotatable bonds is 6. The van der Waals surface area contributed by atoms with Gasteiger partial charge in [0.1, 0.15) is 5.75 Å². The van der Waals surface area contributed by atoms with Gasteiger partial charge in [-0.1, -0.05) is 36.4 Å². The summed E-state index contributed by atoms with van der Waals surface area (Å²) in [6, 6.07) is 16.9. The molecule has 0 radical (unpaired) electrons. The lowest BCUT2D eigenvalue weighted by Crippen LogP contribution is -2.54. The van der Waals surface area contributed by atoms with Crippen molar-refractivity contribution in [2.24, 2.45) is 0 Å². The number of ether oxygens (including phenoxy) is 2. The summed E-state index contributed by atoms with van der Waals surface area (Å²) < 4.78 is 40.5. The molecular weight excluding hydrogens is 432 g/mol. The van der Waals surface area contributed by atoms with Crippen LogP contribution < -0.4 is 4.74 Å². The second-order valence-electron chi connectivity index (χ2n) is 6.67. The van der Waals surface area contributed by atoms with E-state index >= 15 is 0 Å². The third-order valence-electron chi connectivity index (χ3n) is 4.73. The van der Waals surface area contributed by atoms with Crippen LogP contribution in [0, 0.1) is 6.92 Å². The van der Waals surface area contributed by atoms with Crippen molar-refractivity contribution < 1.29 is 23.0 Å². The van der Waals surface area contributed by atoms with E-state index in [9.17, 15) is 13.6 Å². The molecule has 0 aliphatic rings. The molecule has 1 unspecified atom stereocenters. The number of aryl methyl sites for hydroxylation is 1. The van der Waals surface area contributed by atoms with Crippen molar-refractivity contribution in [3.63, 3.8) is 0 Å². The molecule has 2 aromatic carbocycles. The first-order chi connectivity index (χ1) is 13.2. The summed E-state index contributed by atoms with van der Waals surface area (Å²) in [5.41, 5.74) is 0.357. The number of nitrogens with zero attached hydrogens (tertiary/aromatic N) is 1. The lowest BCUT2D eigenvalue weighted by molar-refractivity contribution is -0.175. The molecule has 3 rings (SSSR count). The summed E-state index contributed by atoms with van der Waals surface area (Å²) in [6.45, 7) is 3.56. The maximum Gasteiger partial charge on any atom is 0.357 e. The van der Waals surface area contributed by atoms with Crippen molar-refractivity contribution in [3.8, 4) is 5.75 Å². The topological polar surface area (TPSA) is 40.5 Å². The molecule has 0 bridgehead atoms. The lowest BCUT2D eigenvalue weighted by Gasteiger charge is -2.31. The number of hydrogen-bond acceptors (Lipinski definition) is 3. The summed E-state index contributed by atoms with van der Waals surface area (Å²) in [4.78, 5) is 8.44. The summed E-state index contributed by atoms with van der Waals surface area (Å²) in [5, 5.41) is 0.641. The lowest BCUT2D eigenvalue weighted by atomic mass is 10.1. The number of carbonyl (C=O) groups is 1. The zero-order valence-corrected chi connectivity index (χ0v) is 17.3. The molecule has 0 saturated carbocycles. The van der Waals surface area contributed by atoms with E-state index in [1.807, 2.05) is 49.4 Å². The first-order valence-electron chi connectivity index (χ1n) is 8.64. The van der Waals surface area contributed by atoms with Gasteiger partial charge in [0.2, 0.25) is 0 Å². The van der Waals surface area contributed by atoms with Crippen molar-refractivity contribution in [3.05, 3.63) is 65.9 Å². The van der Waals surface area contributed by atoms with Crippen LogP contribution in [0.4, 0.5) is 8.78 Å². The molecule has 1 heterocycles. The van der Waals surface area contributed by atoms with Crippen LogP contribution in [-0.4, -0.2) is 28.1 Å². The van der Waals surface area contributed by atoms with E-state index < -0.39 is 16.4 Å². The van der Waals surface area contributed by atoms with Crippen LogP contribution in [-0.2, 0) is 16.1 Å². The van der Waals surface area contributed by atoms with Crippen LogP contribution in [0.3, 0.4) is 0 Å². The van der Waals surface area contributed by atoms with Gasteiger partial charge >= 0.3 is 10.8 Å². The molecule has 1 aromatic heterocycles. The summed E-state index contributed by atoms with van der Waals surface area (Å²) in [7, 11) is 1.05. The minimum atomic E-state index is -3.63.